The van der Waals surface area contributed by atoms with Gasteiger partial charge in [0.15, 0.2) is 0 Å². The van der Waals surface area contributed by atoms with Crippen molar-refractivity contribution >= 4 is 0 Å². The fourth-order valence-corrected chi connectivity index (χ4v) is 2.35. The predicted molar refractivity (Wildman–Crippen MR) is 40.9 cm³/mol. The van der Waals surface area contributed by atoms with E-state index in [1.54, 1.807) is 0 Å². The molecule has 0 spiro atoms. The number of hydrogen-bond acceptors (Lipinski definition) is 1. The van der Waals surface area contributed by atoms with E-state index in [0.717, 1.165) is 12.5 Å². The lowest BCUT2D eigenvalue weighted by atomic mass is 9.77. The summed E-state index contributed by atoms with van der Waals surface area (Å²) in [5.41, 5.74) is 0.588. The van der Waals surface area contributed by atoms with Crippen LogP contribution in [0, 0.1) is 11.3 Å². The summed E-state index contributed by atoms with van der Waals surface area (Å²) in [4.78, 5) is 0. The third kappa shape index (κ3) is 0.731. The zero-order valence-electron chi connectivity index (χ0n) is 6.89. The van der Waals surface area contributed by atoms with Gasteiger partial charge in [0.2, 0.25) is 0 Å². The smallest absolute Gasteiger partial charge is 0.0581 e. The van der Waals surface area contributed by atoms with Crippen LogP contribution in [-0.4, -0.2) is 12.7 Å². The Morgan fingerprint density at radius 1 is 1.50 bits per heavy atom. The minimum Gasteiger partial charge on any atom is -0.378 e. The maximum absolute atomic E-state index is 5.62. The molecule has 2 bridgehead atoms. The summed E-state index contributed by atoms with van der Waals surface area (Å²) >= 11 is 0. The molecule has 1 aliphatic heterocycles. The molecule has 0 N–H and O–H groups in total. The van der Waals surface area contributed by atoms with Gasteiger partial charge in [0.05, 0.1) is 12.7 Å². The molecule has 0 aromatic heterocycles. The topological polar surface area (TPSA) is 9.23 Å². The Labute approximate surface area is 62.8 Å². The quantitative estimate of drug-likeness (QED) is 0.542. The third-order valence-electron chi connectivity index (χ3n) is 3.43. The molecule has 58 valence electrons. The largest absolute Gasteiger partial charge is 0.378 e. The number of hydrogen-bond donors (Lipinski definition) is 0. The van der Waals surface area contributed by atoms with Crippen LogP contribution in [0.5, 0.6) is 0 Å². The molecule has 2 fully saturated rings. The van der Waals surface area contributed by atoms with E-state index in [4.69, 9.17) is 4.74 Å². The normalized spacial score (nSPS) is 45.3. The van der Waals surface area contributed by atoms with E-state index in [1.165, 1.54) is 19.3 Å². The Hall–Kier alpha value is -0.0400. The average molecular weight is 140 g/mol. The first-order valence-electron chi connectivity index (χ1n) is 4.34. The van der Waals surface area contributed by atoms with E-state index in [-0.39, 0.29) is 0 Å². The van der Waals surface area contributed by atoms with Crippen molar-refractivity contribution in [3.05, 3.63) is 0 Å². The first kappa shape index (κ1) is 6.66. The van der Waals surface area contributed by atoms with Crippen molar-refractivity contribution in [2.75, 3.05) is 6.61 Å². The highest BCUT2D eigenvalue weighted by molar-refractivity contribution is 4.96. The molecule has 2 atom stereocenters. The van der Waals surface area contributed by atoms with Crippen LogP contribution in [0.25, 0.3) is 0 Å². The van der Waals surface area contributed by atoms with Crippen LogP contribution in [-0.2, 0) is 4.74 Å². The molecule has 1 heteroatoms. The second-order valence-corrected chi connectivity index (χ2v) is 4.19. The molecule has 0 aromatic rings. The molecule has 1 nitrogen and oxygen atoms in total. The Bertz CT molecular complexity index is 132. The lowest BCUT2D eigenvalue weighted by Crippen LogP contribution is -2.26. The Morgan fingerprint density at radius 3 is 2.50 bits per heavy atom. The van der Waals surface area contributed by atoms with Crippen LogP contribution in [0.4, 0.5) is 0 Å². The summed E-state index contributed by atoms with van der Waals surface area (Å²) in [5.74, 6) is 0.819. The molecule has 1 aliphatic carbocycles. The molecule has 10 heavy (non-hydrogen) atoms. The van der Waals surface area contributed by atoms with Crippen LogP contribution in [0.15, 0.2) is 0 Å². The summed E-state index contributed by atoms with van der Waals surface area (Å²) in [7, 11) is 0. The van der Waals surface area contributed by atoms with Crippen LogP contribution in [0.3, 0.4) is 0 Å². The highest BCUT2D eigenvalue weighted by atomic mass is 16.5. The van der Waals surface area contributed by atoms with Gasteiger partial charge in [-0.1, -0.05) is 13.8 Å². The van der Waals surface area contributed by atoms with Gasteiger partial charge in [0.25, 0.3) is 0 Å². The zero-order chi connectivity index (χ0) is 7.19. The van der Waals surface area contributed by atoms with E-state index >= 15 is 0 Å². The third-order valence-corrected chi connectivity index (χ3v) is 3.43. The van der Waals surface area contributed by atoms with Gasteiger partial charge in [-0.15, -0.1) is 0 Å². The second kappa shape index (κ2) is 1.97. The molecule has 1 heterocycles. The molecule has 1 saturated carbocycles. The van der Waals surface area contributed by atoms with Gasteiger partial charge in [-0.05, 0) is 30.6 Å². The van der Waals surface area contributed by atoms with Crippen LogP contribution < -0.4 is 0 Å². The van der Waals surface area contributed by atoms with E-state index in [0.29, 0.717) is 11.5 Å². The van der Waals surface area contributed by atoms with Gasteiger partial charge >= 0.3 is 0 Å². The Kier molecular flexibility index (Phi) is 1.31. The van der Waals surface area contributed by atoms with E-state index < -0.39 is 0 Å². The van der Waals surface area contributed by atoms with E-state index in [1.807, 2.05) is 0 Å². The van der Waals surface area contributed by atoms with Gasteiger partial charge < -0.3 is 4.74 Å². The zero-order valence-corrected chi connectivity index (χ0v) is 6.89. The fraction of sp³-hybridized carbons (Fsp3) is 1.00. The van der Waals surface area contributed by atoms with Gasteiger partial charge in [-0.2, -0.15) is 0 Å². The minimum absolute atomic E-state index is 0.588. The highest BCUT2D eigenvalue weighted by Gasteiger charge is 2.47. The van der Waals surface area contributed by atoms with Gasteiger partial charge in [0, 0.05) is 0 Å². The summed E-state index contributed by atoms with van der Waals surface area (Å²) in [5, 5.41) is 0. The fourth-order valence-electron chi connectivity index (χ4n) is 2.35. The first-order valence-corrected chi connectivity index (χ1v) is 4.34. The average Bonchev–Trinajstić information content (AvgIpc) is 2.45. The van der Waals surface area contributed by atoms with Crippen molar-refractivity contribution in [2.45, 2.75) is 39.2 Å². The SMILES string of the molecule is CC(C)C12CC[C@@H](C1)OC2. The highest BCUT2D eigenvalue weighted by Crippen LogP contribution is 2.50. The van der Waals surface area contributed by atoms with Crippen LogP contribution in [0.1, 0.15) is 33.1 Å². The lowest BCUT2D eigenvalue weighted by Gasteiger charge is -2.29. The predicted octanol–water partition coefficient (Wildman–Crippen LogP) is 2.21. The van der Waals surface area contributed by atoms with Crippen molar-refractivity contribution < 1.29 is 4.74 Å². The van der Waals surface area contributed by atoms with Gasteiger partial charge in [-0.25, -0.2) is 0 Å². The van der Waals surface area contributed by atoms with Crippen molar-refractivity contribution in [1.82, 2.24) is 0 Å². The Balaban J connectivity index is 2.15. The Morgan fingerprint density at radius 2 is 2.30 bits per heavy atom. The monoisotopic (exact) mass is 140 g/mol. The van der Waals surface area contributed by atoms with Crippen molar-refractivity contribution in [2.24, 2.45) is 11.3 Å². The van der Waals surface area contributed by atoms with Crippen molar-refractivity contribution in [3.63, 3.8) is 0 Å². The van der Waals surface area contributed by atoms with E-state index in [2.05, 4.69) is 13.8 Å². The minimum atomic E-state index is 0.588. The molecule has 2 aliphatic rings. The summed E-state index contributed by atoms with van der Waals surface area (Å²) in [6.07, 6.45) is 4.69. The first-order chi connectivity index (χ1) is 4.73. The maximum atomic E-state index is 5.62. The summed E-state index contributed by atoms with van der Waals surface area (Å²) < 4.78 is 5.62. The molecule has 1 saturated heterocycles. The molecular formula is C9H16O. The molecule has 0 aromatic carbocycles. The van der Waals surface area contributed by atoms with Crippen molar-refractivity contribution in [1.29, 1.82) is 0 Å². The van der Waals surface area contributed by atoms with Crippen LogP contribution >= 0.6 is 0 Å². The lowest BCUT2D eigenvalue weighted by molar-refractivity contribution is 0.0348. The standard InChI is InChI=1S/C9H16O/c1-7(2)9-4-3-8(5-9)10-6-9/h7-8H,3-6H2,1-2H3/t8-,9?/m0/s1. The molecule has 0 radical (unpaired) electrons. The van der Waals surface area contributed by atoms with Crippen LogP contribution in [0.2, 0.25) is 0 Å². The van der Waals surface area contributed by atoms with Crippen molar-refractivity contribution in [3.8, 4) is 0 Å². The van der Waals surface area contributed by atoms with Gasteiger partial charge in [-0.3, -0.25) is 0 Å². The maximum Gasteiger partial charge on any atom is 0.0581 e. The number of ether oxygens (including phenoxy) is 1. The molecule has 2 rings (SSSR count). The van der Waals surface area contributed by atoms with Gasteiger partial charge in [0.1, 0.15) is 0 Å². The summed E-state index contributed by atoms with van der Waals surface area (Å²) in [6.45, 7) is 5.70. The molecule has 0 amide bonds. The molecule has 1 unspecified atom stereocenters. The number of rotatable bonds is 1. The van der Waals surface area contributed by atoms with E-state index in [9.17, 15) is 0 Å². The summed E-state index contributed by atoms with van der Waals surface area (Å²) in [6, 6.07) is 0. The molecular weight excluding hydrogens is 124 g/mol. The number of fused-ring (bicyclic) bond motifs is 2. The second-order valence-electron chi connectivity index (χ2n) is 4.19.